The van der Waals surface area contributed by atoms with Gasteiger partial charge in [-0.15, -0.1) is 11.3 Å². The SMILES string of the molecule is NC(=O)C1CCCN1Cc1ccccc1NC(=O)/C=C/c1cn(-c2ccccc2)nc1-c1cccs1. The Labute approximate surface area is 213 Å². The Morgan fingerprint density at radius 1 is 1.08 bits per heavy atom. The lowest BCUT2D eigenvalue weighted by molar-refractivity contribution is -0.122. The second-order valence-electron chi connectivity index (χ2n) is 8.70. The molecular formula is C28H27N5O2S. The number of hydrogen-bond donors (Lipinski definition) is 2. The summed E-state index contributed by atoms with van der Waals surface area (Å²) in [5.74, 6) is -0.533. The summed E-state index contributed by atoms with van der Waals surface area (Å²) >= 11 is 1.61. The molecule has 2 aromatic carbocycles. The number of primary amides is 1. The van der Waals surface area contributed by atoms with E-state index >= 15 is 0 Å². The number of benzene rings is 2. The van der Waals surface area contributed by atoms with Gasteiger partial charge < -0.3 is 11.1 Å². The minimum absolute atomic E-state index is 0.236. The van der Waals surface area contributed by atoms with Gasteiger partial charge in [-0.25, -0.2) is 4.68 Å². The van der Waals surface area contributed by atoms with Gasteiger partial charge in [0.15, 0.2) is 0 Å². The van der Waals surface area contributed by atoms with Crippen LogP contribution in [0.4, 0.5) is 5.69 Å². The Balaban J connectivity index is 1.35. The Kier molecular flexibility index (Phi) is 7.06. The maximum atomic E-state index is 12.9. The molecule has 0 spiro atoms. The average molecular weight is 498 g/mol. The molecule has 36 heavy (non-hydrogen) atoms. The Morgan fingerprint density at radius 3 is 2.67 bits per heavy atom. The number of amides is 2. The third kappa shape index (κ3) is 5.30. The molecule has 7 nitrogen and oxygen atoms in total. The summed E-state index contributed by atoms with van der Waals surface area (Å²) in [4.78, 5) is 27.8. The summed E-state index contributed by atoms with van der Waals surface area (Å²) in [6, 6.07) is 21.3. The fourth-order valence-electron chi connectivity index (χ4n) is 4.50. The van der Waals surface area contributed by atoms with Crippen LogP contribution < -0.4 is 11.1 Å². The second kappa shape index (κ2) is 10.7. The predicted octanol–water partition coefficient (Wildman–Crippen LogP) is 4.70. The van der Waals surface area contributed by atoms with Crippen molar-refractivity contribution in [1.82, 2.24) is 14.7 Å². The van der Waals surface area contributed by atoms with Gasteiger partial charge in [0.05, 0.1) is 16.6 Å². The van der Waals surface area contributed by atoms with E-state index in [1.54, 1.807) is 17.4 Å². The van der Waals surface area contributed by atoms with E-state index in [2.05, 4.69) is 10.2 Å². The zero-order valence-electron chi connectivity index (χ0n) is 19.7. The molecule has 182 valence electrons. The molecule has 1 unspecified atom stereocenters. The van der Waals surface area contributed by atoms with E-state index in [1.165, 1.54) is 6.08 Å². The van der Waals surface area contributed by atoms with Crippen molar-refractivity contribution in [1.29, 1.82) is 0 Å². The van der Waals surface area contributed by atoms with Crippen molar-refractivity contribution in [2.75, 3.05) is 11.9 Å². The first-order valence-electron chi connectivity index (χ1n) is 11.9. The number of likely N-dealkylation sites (tertiary alicyclic amines) is 1. The maximum Gasteiger partial charge on any atom is 0.248 e. The van der Waals surface area contributed by atoms with Crippen LogP contribution in [0.2, 0.25) is 0 Å². The Morgan fingerprint density at radius 2 is 1.89 bits per heavy atom. The minimum atomic E-state index is -0.297. The topological polar surface area (TPSA) is 93.3 Å². The van der Waals surface area contributed by atoms with Crippen LogP contribution >= 0.6 is 11.3 Å². The number of carbonyl (C=O) groups is 2. The molecule has 1 fully saturated rings. The maximum absolute atomic E-state index is 12.9. The molecule has 0 bridgehead atoms. The average Bonchev–Trinajstić information content (AvgIpc) is 3.65. The molecule has 2 amide bonds. The Bertz CT molecular complexity index is 1380. The Hall–Kier alpha value is -4.01. The summed E-state index contributed by atoms with van der Waals surface area (Å²) < 4.78 is 1.83. The molecule has 8 heteroatoms. The summed E-state index contributed by atoms with van der Waals surface area (Å²) in [6.07, 6.45) is 6.97. The minimum Gasteiger partial charge on any atom is -0.368 e. The van der Waals surface area contributed by atoms with Gasteiger partial charge in [0.1, 0.15) is 5.69 Å². The van der Waals surface area contributed by atoms with E-state index in [1.807, 2.05) is 83.0 Å². The zero-order chi connectivity index (χ0) is 24.9. The van der Waals surface area contributed by atoms with Gasteiger partial charge in [-0.3, -0.25) is 14.5 Å². The van der Waals surface area contributed by atoms with Gasteiger partial charge in [-0.1, -0.05) is 42.5 Å². The van der Waals surface area contributed by atoms with Crippen LogP contribution in [0.25, 0.3) is 22.3 Å². The third-order valence-electron chi connectivity index (χ3n) is 6.27. The number of aromatic nitrogens is 2. The van der Waals surface area contributed by atoms with E-state index < -0.39 is 0 Å². The molecule has 3 N–H and O–H groups in total. The van der Waals surface area contributed by atoms with Crippen molar-refractivity contribution in [3.8, 4) is 16.3 Å². The summed E-state index contributed by atoms with van der Waals surface area (Å²) in [7, 11) is 0. The highest BCUT2D eigenvalue weighted by Gasteiger charge is 2.29. The lowest BCUT2D eigenvalue weighted by Crippen LogP contribution is -2.39. The van der Waals surface area contributed by atoms with Gasteiger partial charge in [-0.2, -0.15) is 5.10 Å². The van der Waals surface area contributed by atoms with E-state index in [9.17, 15) is 9.59 Å². The largest absolute Gasteiger partial charge is 0.368 e. The fraction of sp³-hybridized carbons (Fsp3) is 0.179. The number of nitrogens with two attached hydrogens (primary N) is 1. The standard InChI is InChI=1S/C28H27N5O2S/c29-28(35)24-12-6-16-32(24)18-20-8-4-5-11-23(20)30-26(34)15-14-21-19-33(22-9-2-1-3-10-22)31-27(21)25-13-7-17-36-25/h1-5,7-11,13-15,17,19,24H,6,12,16,18H2,(H2,29,35)(H,30,34)/b15-14+. The first kappa shape index (κ1) is 23.7. The number of anilines is 1. The van der Waals surface area contributed by atoms with Crippen molar-refractivity contribution in [2.45, 2.75) is 25.4 Å². The quantitative estimate of drug-likeness (QED) is 0.345. The van der Waals surface area contributed by atoms with Crippen LogP contribution in [0, 0.1) is 0 Å². The molecule has 1 aliphatic rings. The van der Waals surface area contributed by atoms with Gasteiger partial charge in [0.2, 0.25) is 11.8 Å². The second-order valence-corrected chi connectivity index (χ2v) is 9.65. The molecular weight excluding hydrogens is 470 g/mol. The highest BCUT2D eigenvalue weighted by Crippen LogP contribution is 2.29. The van der Waals surface area contributed by atoms with E-state index in [-0.39, 0.29) is 17.9 Å². The third-order valence-corrected chi connectivity index (χ3v) is 7.15. The summed E-state index contributed by atoms with van der Waals surface area (Å²) in [5.41, 5.74) is 9.87. The van der Waals surface area contributed by atoms with Crippen LogP contribution in [0.3, 0.4) is 0 Å². The van der Waals surface area contributed by atoms with Gasteiger partial charge in [0, 0.05) is 30.1 Å². The lowest BCUT2D eigenvalue weighted by Gasteiger charge is -2.23. The number of rotatable bonds is 8. The molecule has 1 atom stereocenters. The first-order chi connectivity index (χ1) is 17.6. The van der Waals surface area contributed by atoms with Crippen molar-refractivity contribution in [3.05, 3.63) is 95.5 Å². The van der Waals surface area contributed by atoms with Crippen molar-refractivity contribution in [3.63, 3.8) is 0 Å². The molecule has 0 saturated carbocycles. The molecule has 0 aliphatic carbocycles. The monoisotopic (exact) mass is 497 g/mol. The van der Waals surface area contributed by atoms with E-state index in [0.717, 1.165) is 52.5 Å². The molecule has 1 saturated heterocycles. The predicted molar refractivity (Wildman–Crippen MR) is 144 cm³/mol. The number of nitrogens with one attached hydrogen (secondary N) is 1. The molecule has 4 aromatic rings. The number of thiophene rings is 1. The number of carbonyl (C=O) groups excluding carboxylic acids is 2. The summed E-state index contributed by atoms with van der Waals surface area (Å²) in [6.45, 7) is 1.37. The zero-order valence-corrected chi connectivity index (χ0v) is 20.5. The molecule has 2 aromatic heterocycles. The van der Waals surface area contributed by atoms with Crippen LogP contribution in [0.15, 0.2) is 84.4 Å². The number of hydrogen-bond acceptors (Lipinski definition) is 5. The number of para-hydroxylation sites is 2. The highest BCUT2D eigenvalue weighted by molar-refractivity contribution is 7.13. The van der Waals surface area contributed by atoms with Crippen molar-refractivity contribution in [2.24, 2.45) is 5.73 Å². The van der Waals surface area contributed by atoms with Crippen LogP contribution in [0.5, 0.6) is 0 Å². The molecule has 3 heterocycles. The first-order valence-corrected chi connectivity index (χ1v) is 12.8. The van der Waals surface area contributed by atoms with Crippen molar-refractivity contribution >= 4 is 34.9 Å². The van der Waals surface area contributed by atoms with E-state index in [0.29, 0.717) is 6.54 Å². The van der Waals surface area contributed by atoms with Crippen LogP contribution in [0.1, 0.15) is 24.0 Å². The van der Waals surface area contributed by atoms with Crippen LogP contribution in [-0.2, 0) is 16.1 Å². The van der Waals surface area contributed by atoms with Crippen LogP contribution in [-0.4, -0.2) is 39.1 Å². The molecule has 1 aliphatic heterocycles. The fourth-order valence-corrected chi connectivity index (χ4v) is 5.23. The molecule has 0 radical (unpaired) electrons. The highest BCUT2D eigenvalue weighted by atomic mass is 32.1. The van der Waals surface area contributed by atoms with E-state index in [4.69, 9.17) is 10.8 Å². The van der Waals surface area contributed by atoms with Gasteiger partial charge >= 0.3 is 0 Å². The van der Waals surface area contributed by atoms with Gasteiger partial charge in [0.25, 0.3) is 0 Å². The smallest absolute Gasteiger partial charge is 0.248 e. The molecule has 5 rings (SSSR count). The lowest BCUT2D eigenvalue weighted by atomic mass is 10.1. The normalized spacial score (nSPS) is 15.9. The summed E-state index contributed by atoms with van der Waals surface area (Å²) in [5, 5.41) is 9.79. The number of nitrogens with zero attached hydrogens (tertiary/aromatic N) is 3. The van der Waals surface area contributed by atoms with Crippen molar-refractivity contribution < 1.29 is 9.59 Å². The van der Waals surface area contributed by atoms with Gasteiger partial charge in [-0.05, 0) is 60.7 Å².